The third-order valence-electron chi connectivity index (χ3n) is 3.43. The summed E-state index contributed by atoms with van der Waals surface area (Å²) in [7, 11) is 0. The van der Waals surface area contributed by atoms with Gasteiger partial charge in [-0.3, -0.25) is 5.01 Å². The Bertz CT molecular complexity index is 495. The number of nitrogens with zero attached hydrogens (tertiary/aromatic N) is 4. The Morgan fingerprint density at radius 3 is 2.43 bits per heavy atom. The maximum atomic E-state index is 6.09. The fourth-order valence-electron chi connectivity index (χ4n) is 2.39. The summed E-state index contributed by atoms with van der Waals surface area (Å²) in [6, 6.07) is 10.1. The number of aliphatic imine (C=N–C) groups is 1. The van der Waals surface area contributed by atoms with E-state index in [1.165, 1.54) is 6.42 Å². The zero-order chi connectivity index (χ0) is 15.1. The van der Waals surface area contributed by atoms with Crippen LogP contribution >= 0.6 is 11.8 Å². The molecule has 0 unspecified atom stereocenters. The van der Waals surface area contributed by atoms with E-state index in [2.05, 4.69) is 26.6 Å². The third kappa shape index (κ3) is 4.61. The van der Waals surface area contributed by atoms with Gasteiger partial charge in [-0.15, -0.1) is 4.51 Å². The van der Waals surface area contributed by atoms with E-state index < -0.39 is 0 Å². The molecule has 1 aromatic carbocycles. The molecule has 2 rings (SSSR count). The Balaban J connectivity index is 2.19. The Labute approximate surface area is 130 Å². The first-order valence-electron chi connectivity index (χ1n) is 7.05. The molecule has 0 spiro atoms. The Morgan fingerprint density at radius 1 is 1.14 bits per heavy atom. The van der Waals surface area contributed by atoms with Crippen molar-refractivity contribution in [2.24, 2.45) is 21.0 Å². The van der Waals surface area contributed by atoms with Gasteiger partial charge in [-0.05, 0) is 18.4 Å². The molecular formula is C14H21ClN6. The number of nitrogens with two attached hydrogens (primary N) is 2. The maximum Gasteiger partial charge on any atom is 0.235 e. The van der Waals surface area contributed by atoms with Crippen molar-refractivity contribution in [3.05, 3.63) is 35.9 Å². The minimum atomic E-state index is -0.0377. The van der Waals surface area contributed by atoms with Crippen molar-refractivity contribution in [1.29, 1.82) is 0 Å². The number of hydrogen-bond acceptors (Lipinski definition) is 2. The molecule has 4 N–H and O–H groups in total. The van der Waals surface area contributed by atoms with Gasteiger partial charge in [0, 0.05) is 24.9 Å². The van der Waals surface area contributed by atoms with Gasteiger partial charge in [-0.1, -0.05) is 36.8 Å². The number of hydrogen-bond donors (Lipinski definition) is 2. The van der Waals surface area contributed by atoms with Crippen LogP contribution in [-0.4, -0.2) is 35.0 Å². The molecule has 1 heterocycles. The molecule has 1 fully saturated rings. The Morgan fingerprint density at radius 2 is 1.81 bits per heavy atom. The summed E-state index contributed by atoms with van der Waals surface area (Å²) < 4.78 is 3.32. The highest BCUT2D eigenvalue weighted by Gasteiger charge is 2.20. The molecule has 114 valence electrons. The molecule has 0 bridgehead atoms. The second-order valence-corrected chi connectivity index (χ2v) is 5.14. The number of rotatable bonds is 3. The lowest BCUT2D eigenvalue weighted by molar-refractivity contribution is 0.0175. The van der Waals surface area contributed by atoms with Crippen LogP contribution in [0.2, 0.25) is 0 Å². The van der Waals surface area contributed by atoms with Gasteiger partial charge in [0.1, 0.15) is 0 Å². The van der Waals surface area contributed by atoms with Crippen molar-refractivity contribution in [3.8, 4) is 0 Å². The molecule has 0 atom stereocenters. The summed E-state index contributed by atoms with van der Waals surface area (Å²) in [5, 5.41) is 4.15. The average molecular weight is 309 g/mol. The number of guanidine groups is 2. The second-order valence-electron chi connectivity index (χ2n) is 4.97. The van der Waals surface area contributed by atoms with E-state index in [0.717, 1.165) is 31.5 Å². The molecule has 0 radical (unpaired) electrons. The summed E-state index contributed by atoms with van der Waals surface area (Å²) in [4.78, 5) is 4.04. The summed E-state index contributed by atoms with van der Waals surface area (Å²) in [5.74, 6) is 0.270. The highest BCUT2D eigenvalue weighted by atomic mass is 35.5. The van der Waals surface area contributed by atoms with Gasteiger partial charge in [0.15, 0.2) is 0 Å². The van der Waals surface area contributed by atoms with Crippen molar-refractivity contribution in [3.63, 3.8) is 0 Å². The molecule has 6 nitrogen and oxygen atoms in total. The highest BCUT2D eigenvalue weighted by Crippen LogP contribution is 2.14. The normalized spacial score (nSPS) is 17.8. The number of hydrazine groups is 1. The Kier molecular flexibility index (Phi) is 5.83. The van der Waals surface area contributed by atoms with Crippen molar-refractivity contribution in [1.82, 2.24) is 10.0 Å². The Hall–Kier alpha value is -1.79. The molecule has 1 aromatic rings. The quantitative estimate of drug-likeness (QED) is 0.657. The first kappa shape index (κ1) is 15.6. The van der Waals surface area contributed by atoms with Crippen molar-refractivity contribution in [2.75, 3.05) is 13.1 Å². The molecule has 7 heteroatoms. The summed E-state index contributed by atoms with van der Waals surface area (Å²) in [6.07, 6.45) is 3.55. The van der Waals surface area contributed by atoms with E-state index in [9.17, 15) is 0 Å². The van der Waals surface area contributed by atoms with Crippen LogP contribution in [0.5, 0.6) is 0 Å². The third-order valence-corrected chi connectivity index (χ3v) is 3.60. The maximum absolute atomic E-state index is 6.09. The van der Waals surface area contributed by atoms with Gasteiger partial charge in [0.05, 0.1) is 6.54 Å². The molecule has 21 heavy (non-hydrogen) atoms. The van der Waals surface area contributed by atoms with Crippen LogP contribution in [0.15, 0.2) is 39.8 Å². The monoisotopic (exact) mass is 308 g/mol. The van der Waals surface area contributed by atoms with Crippen LogP contribution in [0.1, 0.15) is 24.8 Å². The van der Waals surface area contributed by atoms with Crippen LogP contribution in [0.25, 0.3) is 0 Å². The lowest BCUT2D eigenvalue weighted by atomic mass is 10.1. The molecular weight excluding hydrogens is 288 g/mol. The van der Waals surface area contributed by atoms with Gasteiger partial charge in [0.25, 0.3) is 0 Å². The van der Waals surface area contributed by atoms with Gasteiger partial charge < -0.3 is 11.5 Å². The van der Waals surface area contributed by atoms with Gasteiger partial charge in [-0.25, -0.2) is 5.01 Å². The fourth-order valence-corrected chi connectivity index (χ4v) is 2.43. The van der Waals surface area contributed by atoms with Gasteiger partial charge in [0.2, 0.25) is 11.9 Å². The van der Waals surface area contributed by atoms with Gasteiger partial charge >= 0.3 is 0 Å². The van der Waals surface area contributed by atoms with Crippen LogP contribution in [0.4, 0.5) is 0 Å². The van der Waals surface area contributed by atoms with Crippen molar-refractivity contribution < 1.29 is 0 Å². The zero-order valence-corrected chi connectivity index (χ0v) is 12.7. The van der Waals surface area contributed by atoms with E-state index in [0.29, 0.717) is 12.5 Å². The largest absolute Gasteiger partial charge is 0.368 e. The van der Waals surface area contributed by atoms with E-state index in [-0.39, 0.29) is 5.96 Å². The average Bonchev–Trinajstić information content (AvgIpc) is 2.54. The lowest BCUT2D eigenvalue weighted by Gasteiger charge is -2.38. The molecule has 1 saturated heterocycles. The molecule has 0 aromatic heterocycles. The van der Waals surface area contributed by atoms with Crippen LogP contribution in [0, 0.1) is 0 Å². The second kappa shape index (κ2) is 7.85. The number of benzene rings is 1. The minimum Gasteiger partial charge on any atom is -0.368 e. The predicted octanol–water partition coefficient (Wildman–Crippen LogP) is 1.67. The van der Waals surface area contributed by atoms with Crippen LogP contribution < -0.4 is 11.5 Å². The molecule has 0 amide bonds. The van der Waals surface area contributed by atoms with Crippen molar-refractivity contribution in [2.45, 2.75) is 25.8 Å². The van der Waals surface area contributed by atoms with E-state index in [1.54, 1.807) is 0 Å². The topological polar surface area (TPSA) is 83.2 Å². The summed E-state index contributed by atoms with van der Waals surface area (Å²) in [6.45, 7) is 2.56. The predicted molar refractivity (Wildman–Crippen MR) is 86.5 cm³/mol. The van der Waals surface area contributed by atoms with Gasteiger partial charge in [-0.2, -0.15) is 4.99 Å². The lowest BCUT2D eigenvalue weighted by Crippen LogP contribution is -2.51. The smallest absolute Gasteiger partial charge is 0.235 e. The highest BCUT2D eigenvalue weighted by molar-refractivity contribution is 6.20. The standard InChI is InChI=1S/C14H21ClN6/c15-19-13(16)18-14(17)21(20-9-5-2-6-10-20)11-12-7-3-1-4-8-12/h1,3-4,7-8H,2,5-6,9-11H2,(H4,16,17,18,19). The van der Waals surface area contributed by atoms with E-state index >= 15 is 0 Å². The SMILES string of the molecule is NC(=NCl)N=C(N)N(Cc1ccccc1)N1CCCCC1. The van der Waals surface area contributed by atoms with Crippen molar-refractivity contribution >= 4 is 23.7 Å². The minimum absolute atomic E-state index is 0.0377. The van der Waals surface area contributed by atoms with E-state index in [1.807, 2.05) is 23.2 Å². The molecule has 1 aliphatic rings. The summed E-state index contributed by atoms with van der Waals surface area (Å²) >= 11 is 5.31. The molecule has 1 aliphatic heterocycles. The zero-order valence-electron chi connectivity index (χ0n) is 12.0. The number of halogens is 1. The fraction of sp³-hybridized carbons (Fsp3) is 0.429. The molecule has 0 aliphatic carbocycles. The molecule has 0 saturated carbocycles. The summed E-state index contributed by atoms with van der Waals surface area (Å²) in [5.41, 5.74) is 12.8. The van der Waals surface area contributed by atoms with E-state index in [4.69, 9.17) is 23.2 Å². The van der Waals surface area contributed by atoms with Crippen LogP contribution in [0.3, 0.4) is 0 Å². The number of piperidine rings is 1. The van der Waals surface area contributed by atoms with Crippen LogP contribution in [-0.2, 0) is 6.54 Å². The first-order valence-corrected chi connectivity index (χ1v) is 7.39. The first-order chi connectivity index (χ1) is 10.2.